The molecule has 1 atom stereocenters. The minimum atomic E-state index is -1.02. The molecular weight excluding hydrogens is 208 g/mol. The molecule has 0 aliphatic heterocycles. The predicted octanol–water partition coefficient (Wildman–Crippen LogP) is 0.696. The summed E-state index contributed by atoms with van der Waals surface area (Å²) in [6, 6.07) is -0.842. The van der Waals surface area contributed by atoms with Gasteiger partial charge in [-0.25, -0.2) is 0 Å². The van der Waals surface area contributed by atoms with Gasteiger partial charge in [-0.3, -0.25) is 14.5 Å². The summed E-state index contributed by atoms with van der Waals surface area (Å²) in [5.74, 6) is -1.28. The number of carboxylic acids is 1. The SMILES string of the molecule is CCN(CC(=O)NC(C)C(=O)O)C(C)(C)C. The lowest BCUT2D eigenvalue weighted by molar-refractivity contribution is -0.141. The van der Waals surface area contributed by atoms with Gasteiger partial charge in [0, 0.05) is 5.54 Å². The molecule has 0 aromatic rings. The van der Waals surface area contributed by atoms with Gasteiger partial charge in [0.25, 0.3) is 0 Å². The molecule has 0 heterocycles. The number of nitrogens with zero attached hydrogens (tertiary/aromatic N) is 1. The van der Waals surface area contributed by atoms with E-state index in [4.69, 9.17) is 5.11 Å². The van der Waals surface area contributed by atoms with Gasteiger partial charge in [0.1, 0.15) is 6.04 Å². The summed E-state index contributed by atoms with van der Waals surface area (Å²) in [7, 11) is 0. The molecule has 1 amide bonds. The molecule has 1 unspecified atom stereocenters. The molecule has 0 spiro atoms. The maximum Gasteiger partial charge on any atom is 0.325 e. The van der Waals surface area contributed by atoms with Crippen LogP contribution in [0.25, 0.3) is 0 Å². The summed E-state index contributed by atoms with van der Waals surface area (Å²) in [6.07, 6.45) is 0. The zero-order valence-electron chi connectivity index (χ0n) is 10.7. The Kier molecular flexibility index (Phi) is 5.44. The number of amides is 1. The molecule has 0 saturated heterocycles. The van der Waals surface area contributed by atoms with Crippen LogP contribution in [0.15, 0.2) is 0 Å². The Bertz CT molecular complexity index is 258. The average molecular weight is 230 g/mol. The zero-order valence-corrected chi connectivity index (χ0v) is 10.7. The van der Waals surface area contributed by atoms with Gasteiger partial charge in [0.05, 0.1) is 6.54 Å². The number of hydrogen-bond donors (Lipinski definition) is 2. The van der Waals surface area contributed by atoms with E-state index >= 15 is 0 Å². The first-order valence-electron chi connectivity index (χ1n) is 5.45. The molecule has 0 bridgehead atoms. The van der Waals surface area contributed by atoms with Gasteiger partial charge >= 0.3 is 5.97 Å². The van der Waals surface area contributed by atoms with Crippen LogP contribution >= 0.6 is 0 Å². The van der Waals surface area contributed by atoms with Crippen LogP contribution in [-0.2, 0) is 9.59 Å². The lowest BCUT2D eigenvalue weighted by Crippen LogP contribution is -2.49. The highest BCUT2D eigenvalue weighted by Gasteiger charge is 2.23. The normalized spacial score (nSPS) is 13.6. The van der Waals surface area contributed by atoms with E-state index in [1.165, 1.54) is 6.92 Å². The van der Waals surface area contributed by atoms with Crippen molar-refractivity contribution in [2.75, 3.05) is 13.1 Å². The third kappa shape index (κ3) is 5.11. The number of hydrogen-bond acceptors (Lipinski definition) is 3. The van der Waals surface area contributed by atoms with E-state index in [9.17, 15) is 9.59 Å². The molecule has 2 N–H and O–H groups in total. The summed E-state index contributed by atoms with van der Waals surface area (Å²) < 4.78 is 0. The first kappa shape index (κ1) is 14.9. The minimum Gasteiger partial charge on any atom is -0.480 e. The smallest absolute Gasteiger partial charge is 0.325 e. The van der Waals surface area contributed by atoms with E-state index in [1.807, 2.05) is 32.6 Å². The highest BCUT2D eigenvalue weighted by atomic mass is 16.4. The fraction of sp³-hybridized carbons (Fsp3) is 0.818. The fourth-order valence-corrected chi connectivity index (χ4v) is 1.35. The number of carbonyl (C=O) groups excluding carboxylic acids is 1. The summed E-state index contributed by atoms with van der Waals surface area (Å²) in [6.45, 7) is 10.4. The first-order valence-corrected chi connectivity index (χ1v) is 5.45. The van der Waals surface area contributed by atoms with Crippen molar-refractivity contribution < 1.29 is 14.7 Å². The summed E-state index contributed by atoms with van der Waals surface area (Å²) in [4.78, 5) is 24.1. The van der Waals surface area contributed by atoms with Crippen molar-refractivity contribution in [2.45, 2.75) is 46.2 Å². The molecule has 0 saturated carbocycles. The number of nitrogens with one attached hydrogen (secondary N) is 1. The number of aliphatic carboxylic acids is 1. The Labute approximate surface area is 96.8 Å². The Morgan fingerprint density at radius 3 is 2.19 bits per heavy atom. The van der Waals surface area contributed by atoms with Crippen molar-refractivity contribution in [3.8, 4) is 0 Å². The van der Waals surface area contributed by atoms with Crippen LogP contribution < -0.4 is 5.32 Å². The average Bonchev–Trinajstić information content (AvgIpc) is 2.11. The summed E-state index contributed by atoms with van der Waals surface area (Å²) in [5.41, 5.74) is -0.0987. The van der Waals surface area contributed by atoms with Crippen LogP contribution in [0.5, 0.6) is 0 Å². The Hall–Kier alpha value is -1.10. The molecule has 0 aliphatic rings. The van der Waals surface area contributed by atoms with Crippen LogP contribution in [0.4, 0.5) is 0 Å². The van der Waals surface area contributed by atoms with E-state index in [2.05, 4.69) is 5.32 Å². The predicted molar refractivity (Wildman–Crippen MR) is 62.2 cm³/mol. The van der Waals surface area contributed by atoms with Crippen molar-refractivity contribution in [1.29, 1.82) is 0 Å². The van der Waals surface area contributed by atoms with Crippen LogP contribution in [0.1, 0.15) is 34.6 Å². The summed E-state index contributed by atoms with van der Waals surface area (Å²) in [5, 5.41) is 11.1. The third-order valence-electron chi connectivity index (χ3n) is 2.41. The van der Waals surface area contributed by atoms with Crippen molar-refractivity contribution in [3.05, 3.63) is 0 Å². The van der Waals surface area contributed by atoms with Crippen molar-refractivity contribution in [2.24, 2.45) is 0 Å². The minimum absolute atomic E-state index is 0.0987. The lowest BCUT2D eigenvalue weighted by Gasteiger charge is -2.34. The van der Waals surface area contributed by atoms with Gasteiger partial charge in [-0.2, -0.15) is 0 Å². The monoisotopic (exact) mass is 230 g/mol. The standard InChI is InChI=1S/C11H22N2O3/c1-6-13(11(3,4)5)7-9(14)12-8(2)10(15)16/h8H,6-7H2,1-5H3,(H,12,14)(H,15,16). The fourth-order valence-electron chi connectivity index (χ4n) is 1.35. The van der Waals surface area contributed by atoms with E-state index in [0.717, 1.165) is 6.54 Å². The van der Waals surface area contributed by atoms with Crippen molar-refractivity contribution in [1.82, 2.24) is 10.2 Å². The topological polar surface area (TPSA) is 69.6 Å². The molecular formula is C11H22N2O3. The van der Waals surface area contributed by atoms with Crippen molar-refractivity contribution >= 4 is 11.9 Å². The van der Waals surface area contributed by atoms with Gasteiger partial charge in [-0.15, -0.1) is 0 Å². The van der Waals surface area contributed by atoms with E-state index in [0.29, 0.717) is 0 Å². The maximum atomic E-state index is 11.6. The number of carbonyl (C=O) groups is 2. The third-order valence-corrected chi connectivity index (χ3v) is 2.41. The first-order chi connectivity index (χ1) is 7.18. The largest absolute Gasteiger partial charge is 0.480 e. The van der Waals surface area contributed by atoms with Crippen LogP contribution in [0.2, 0.25) is 0 Å². The van der Waals surface area contributed by atoms with Gasteiger partial charge in [0.2, 0.25) is 5.91 Å². The van der Waals surface area contributed by atoms with Crippen LogP contribution in [-0.4, -0.2) is 46.6 Å². The van der Waals surface area contributed by atoms with Crippen molar-refractivity contribution in [3.63, 3.8) is 0 Å². The molecule has 0 aromatic carbocycles. The second-order valence-electron chi connectivity index (χ2n) is 4.81. The number of carboxylic acid groups (broad SMARTS) is 1. The second-order valence-corrected chi connectivity index (χ2v) is 4.81. The second kappa shape index (κ2) is 5.84. The molecule has 0 aromatic heterocycles. The number of rotatable bonds is 5. The molecule has 0 rings (SSSR count). The van der Waals surface area contributed by atoms with Crippen LogP contribution in [0.3, 0.4) is 0 Å². The number of likely N-dealkylation sites (N-methyl/N-ethyl adjacent to an activating group) is 1. The van der Waals surface area contributed by atoms with Gasteiger partial charge in [-0.1, -0.05) is 6.92 Å². The van der Waals surface area contributed by atoms with E-state index in [1.54, 1.807) is 0 Å². The molecule has 0 aliphatic carbocycles. The highest BCUT2D eigenvalue weighted by molar-refractivity contribution is 5.84. The maximum absolute atomic E-state index is 11.6. The lowest BCUT2D eigenvalue weighted by atomic mass is 10.1. The molecule has 0 radical (unpaired) electrons. The highest BCUT2D eigenvalue weighted by Crippen LogP contribution is 2.11. The van der Waals surface area contributed by atoms with Gasteiger partial charge in [-0.05, 0) is 34.2 Å². The Morgan fingerprint density at radius 2 is 1.88 bits per heavy atom. The molecule has 16 heavy (non-hydrogen) atoms. The van der Waals surface area contributed by atoms with Gasteiger partial charge < -0.3 is 10.4 Å². The molecule has 0 fully saturated rings. The zero-order chi connectivity index (χ0) is 12.9. The molecule has 5 heteroatoms. The molecule has 94 valence electrons. The van der Waals surface area contributed by atoms with Gasteiger partial charge in [0.15, 0.2) is 0 Å². The van der Waals surface area contributed by atoms with E-state index < -0.39 is 12.0 Å². The van der Waals surface area contributed by atoms with Crippen LogP contribution in [0, 0.1) is 0 Å². The Balaban J connectivity index is 4.28. The Morgan fingerprint density at radius 1 is 1.38 bits per heavy atom. The summed E-state index contributed by atoms with van der Waals surface area (Å²) >= 11 is 0. The quantitative estimate of drug-likeness (QED) is 0.729. The molecule has 5 nitrogen and oxygen atoms in total. The van der Waals surface area contributed by atoms with E-state index in [-0.39, 0.29) is 18.0 Å².